The van der Waals surface area contributed by atoms with Gasteiger partial charge in [-0.15, -0.1) is 0 Å². The third kappa shape index (κ3) is 2.28. The van der Waals surface area contributed by atoms with Gasteiger partial charge in [-0.2, -0.15) is 4.31 Å². The van der Waals surface area contributed by atoms with Crippen LogP contribution in [0.4, 0.5) is 0 Å². The van der Waals surface area contributed by atoms with E-state index < -0.39 is 22.0 Å². The zero-order valence-electron chi connectivity index (χ0n) is 10.1. The molecule has 0 saturated carbocycles. The molecule has 0 radical (unpaired) electrons. The molecule has 1 atom stereocenters. The molecule has 100 valence electrons. The molecule has 0 aliphatic carbocycles. The van der Waals surface area contributed by atoms with Crippen molar-refractivity contribution >= 4 is 16.0 Å². The fourth-order valence-electron chi connectivity index (χ4n) is 2.21. The maximum Gasteiger partial charge on any atom is 0.322 e. The van der Waals surface area contributed by atoms with Crippen LogP contribution in [0.3, 0.4) is 0 Å². The second-order valence-electron chi connectivity index (χ2n) is 4.48. The Bertz CT molecular complexity index is 549. The van der Waals surface area contributed by atoms with Gasteiger partial charge in [-0.05, 0) is 25.3 Å². The van der Waals surface area contributed by atoms with Crippen LogP contribution < -0.4 is 0 Å². The Morgan fingerprint density at radius 1 is 1.44 bits per heavy atom. The molecule has 1 aromatic heterocycles. The number of rotatable bonds is 3. The molecule has 1 aromatic rings. The number of carboxylic acids is 1. The highest BCUT2D eigenvalue weighted by atomic mass is 32.2. The van der Waals surface area contributed by atoms with E-state index in [4.69, 9.17) is 5.11 Å². The molecule has 0 aromatic carbocycles. The van der Waals surface area contributed by atoms with E-state index in [0.717, 1.165) is 10.7 Å². The lowest BCUT2D eigenvalue weighted by Crippen LogP contribution is -2.47. The second-order valence-corrected chi connectivity index (χ2v) is 6.37. The minimum atomic E-state index is -3.70. The third-order valence-electron chi connectivity index (χ3n) is 3.15. The van der Waals surface area contributed by atoms with E-state index in [9.17, 15) is 13.2 Å². The summed E-state index contributed by atoms with van der Waals surface area (Å²) in [6.45, 7) is 0.272. The number of aryl methyl sites for hydroxylation is 1. The number of carbonyl (C=O) groups is 1. The van der Waals surface area contributed by atoms with Crippen LogP contribution in [0, 0.1) is 0 Å². The van der Waals surface area contributed by atoms with Gasteiger partial charge < -0.3 is 9.67 Å². The number of piperidine rings is 1. The van der Waals surface area contributed by atoms with E-state index >= 15 is 0 Å². The van der Waals surface area contributed by atoms with Crippen LogP contribution in [-0.4, -0.2) is 41.0 Å². The van der Waals surface area contributed by atoms with Crippen molar-refractivity contribution in [3.8, 4) is 0 Å². The van der Waals surface area contributed by atoms with Crippen molar-refractivity contribution in [2.24, 2.45) is 7.05 Å². The van der Waals surface area contributed by atoms with Crippen molar-refractivity contribution < 1.29 is 18.3 Å². The largest absolute Gasteiger partial charge is 0.480 e. The van der Waals surface area contributed by atoms with Crippen LogP contribution in [0.1, 0.15) is 19.3 Å². The SMILES string of the molecule is Cn1ccc(S(=O)(=O)N2CCCCC2C(=O)O)c1. The van der Waals surface area contributed by atoms with E-state index in [1.165, 1.54) is 12.3 Å². The fourth-order valence-corrected chi connectivity index (χ4v) is 3.91. The number of hydrogen-bond acceptors (Lipinski definition) is 3. The minimum Gasteiger partial charge on any atom is -0.480 e. The number of hydrogen-bond donors (Lipinski definition) is 1. The number of aromatic nitrogens is 1. The molecule has 0 spiro atoms. The molecule has 6 nitrogen and oxygen atoms in total. The molecule has 1 N–H and O–H groups in total. The predicted molar refractivity (Wildman–Crippen MR) is 64.6 cm³/mol. The van der Waals surface area contributed by atoms with Gasteiger partial charge in [0.15, 0.2) is 0 Å². The van der Waals surface area contributed by atoms with E-state index in [-0.39, 0.29) is 11.4 Å². The highest BCUT2D eigenvalue weighted by Gasteiger charge is 2.37. The number of sulfonamides is 1. The smallest absolute Gasteiger partial charge is 0.322 e. The summed E-state index contributed by atoms with van der Waals surface area (Å²) in [6, 6.07) is 0.548. The van der Waals surface area contributed by atoms with Crippen LogP contribution in [-0.2, 0) is 21.9 Å². The number of aliphatic carboxylic acids is 1. The summed E-state index contributed by atoms with van der Waals surface area (Å²) in [5, 5.41) is 9.11. The van der Waals surface area contributed by atoms with Crippen LogP contribution >= 0.6 is 0 Å². The summed E-state index contributed by atoms with van der Waals surface area (Å²) >= 11 is 0. The molecule has 0 bridgehead atoms. The van der Waals surface area contributed by atoms with E-state index in [1.54, 1.807) is 17.8 Å². The first-order valence-corrected chi connectivity index (χ1v) is 7.23. The lowest BCUT2D eigenvalue weighted by Gasteiger charge is -2.31. The molecule has 7 heteroatoms. The molecule has 2 rings (SSSR count). The Labute approximate surface area is 106 Å². The quantitative estimate of drug-likeness (QED) is 0.876. The standard InChI is InChI=1S/C11H16N2O4S/c1-12-7-5-9(8-12)18(16,17)13-6-3-2-4-10(13)11(14)15/h5,7-8,10H,2-4,6H2,1H3,(H,14,15). The number of nitrogens with zero attached hydrogens (tertiary/aromatic N) is 2. The Hall–Kier alpha value is -1.34. The Morgan fingerprint density at radius 2 is 2.17 bits per heavy atom. The molecular formula is C11H16N2O4S. The van der Waals surface area contributed by atoms with Crippen LogP contribution in [0.5, 0.6) is 0 Å². The van der Waals surface area contributed by atoms with Gasteiger partial charge in [-0.25, -0.2) is 8.42 Å². The van der Waals surface area contributed by atoms with Crippen molar-refractivity contribution in [3.63, 3.8) is 0 Å². The first kappa shape index (κ1) is 13.1. The molecule has 2 heterocycles. The van der Waals surface area contributed by atoms with Gasteiger partial charge in [-0.3, -0.25) is 4.79 Å². The van der Waals surface area contributed by atoms with Crippen molar-refractivity contribution in [2.75, 3.05) is 6.54 Å². The summed E-state index contributed by atoms with van der Waals surface area (Å²) in [7, 11) is -1.98. The van der Waals surface area contributed by atoms with Gasteiger partial charge in [-0.1, -0.05) is 0 Å². The molecule has 1 fully saturated rings. The Balaban J connectivity index is 2.36. The van der Waals surface area contributed by atoms with Crippen molar-refractivity contribution in [3.05, 3.63) is 18.5 Å². The lowest BCUT2D eigenvalue weighted by atomic mass is 10.1. The lowest BCUT2D eigenvalue weighted by molar-refractivity contribution is -0.142. The van der Waals surface area contributed by atoms with Crippen molar-refractivity contribution in [2.45, 2.75) is 30.2 Å². The maximum absolute atomic E-state index is 12.4. The summed E-state index contributed by atoms with van der Waals surface area (Å²) in [4.78, 5) is 11.3. The molecule has 1 saturated heterocycles. The average molecular weight is 272 g/mol. The highest BCUT2D eigenvalue weighted by molar-refractivity contribution is 7.89. The van der Waals surface area contributed by atoms with Crippen molar-refractivity contribution in [1.29, 1.82) is 0 Å². The van der Waals surface area contributed by atoms with Gasteiger partial charge >= 0.3 is 5.97 Å². The highest BCUT2D eigenvalue weighted by Crippen LogP contribution is 2.25. The average Bonchev–Trinajstić information content (AvgIpc) is 2.76. The normalized spacial score (nSPS) is 21.9. The van der Waals surface area contributed by atoms with Gasteiger partial charge in [0.1, 0.15) is 6.04 Å². The fraction of sp³-hybridized carbons (Fsp3) is 0.545. The molecule has 1 aliphatic heterocycles. The monoisotopic (exact) mass is 272 g/mol. The van der Waals surface area contributed by atoms with Crippen LogP contribution in [0.2, 0.25) is 0 Å². The number of carboxylic acid groups (broad SMARTS) is 1. The van der Waals surface area contributed by atoms with Gasteiger partial charge in [0.2, 0.25) is 10.0 Å². The molecule has 0 amide bonds. The van der Waals surface area contributed by atoms with E-state index in [0.29, 0.717) is 12.8 Å². The second kappa shape index (κ2) is 4.74. The molecule has 1 aliphatic rings. The summed E-state index contributed by atoms with van der Waals surface area (Å²) in [5.74, 6) is -1.07. The van der Waals surface area contributed by atoms with Crippen LogP contribution in [0.25, 0.3) is 0 Å². The summed E-state index contributed by atoms with van der Waals surface area (Å²) in [6.07, 6.45) is 4.95. The molecule has 18 heavy (non-hydrogen) atoms. The topological polar surface area (TPSA) is 79.6 Å². The maximum atomic E-state index is 12.4. The summed E-state index contributed by atoms with van der Waals surface area (Å²) in [5.41, 5.74) is 0. The first-order valence-electron chi connectivity index (χ1n) is 5.79. The Morgan fingerprint density at radius 3 is 2.72 bits per heavy atom. The third-order valence-corrected chi connectivity index (χ3v) is 5.04. The van der Waals surface area contributed by atoms with Gasteiger partial charge in [0.25, 0.3) is 0 Å². The van der Waals surface area contributed by atoms with Crippen LogP contribution in [0.15, 0.2) is 23.4 Å². The van der Waals surface area contributed by atoms with E-state index in [1.807, 2.05) is 0 Å². The molecule has 1 unspecified atom stereocenters. The van der Waals surface area contributed by atoms with Gasteiger partial charge in [0.05, 0.1) is 4.90 Å². The Kier molecular flexibility index (Phi) is 3.45. The first-order chi connectivity index (χ1) is 8.43. The zero-order valence-corrected chi connectivity index (χ0v) is 10.9. The van der Waals surface area contributed by atoms with Gasteiger partial charge in [0, 0.05) is 26.0 Å². The summed E-state index contributed by atoms with van der Waals surface area (Å²) < 4.78 is 27.5. The van der Waals surface area contributed by atoms with Crippen molar-refractivity contribution in [1.82, 2.24) is 8.87 Å². The zero-order chi connectivity index (χ0) is 13.3. The van der Waals surface area contributed by atoms with E-state index in [2.05, 4.69) is 0 Å². The minimum absolute atomic E-state index is 0.151. The molecular weight excluding hydrogens is 256 g/mol. The predicted octanol–water partition coefficient (Wildman–Crippen LogP) is 0.653.